The number of halogens is 1. The number of para-hydroxylation sites is 1. The first-order valence-corrected chi connectivity index (χ1v) is 10.7. The summed E-state index contributed by atoms with van der Waals surface area (Å²) in [6, 6.07) is 20.3. The second-order valence-electron chi connectivity index (χ2n) is 7.94. The van der Waals surface area contributed by atoms with Crippen LogP contribution in [0, 0.1) is 12.9 Å². The van der Waals surface area contributed by atoms with Gasteiger partial charge in [0.05, 0.1) is 29.1 Å². The van der Waals surface area contributed by atoms with Crippen LogP contribution in [-0.2, 0) is 6.54 Å². The molecule has 8 nitrogen and oxygen atoms in total. The fraction of sp³-hybridized carbons (Fsp3) is 0.0800. The standard InChI is InChI=1S/C25H18FN7O/c1-16-20(11-12-22(26)28-16)33-25(34)24-23(30-33)19-5-2-3-6-21(19)32(29-24)15-17-7-9-18(10-8-17)31-14-4-13-27-31/h2-14H,15H2,1H3. The zero-order valence-electron chi connectivity index (χ0n) is 18.1. The number of aryl methyl sites for hydroxylation is 1. The normalized spacial score (nSPS) is 11.5. The van der Waals surface area contributed by atoms with E-state index in [9.17, 15) is 9.18 Å². The van der Waals surface area contributed by atoms with Crippen LogP contribution in [0.2, 0.25) is 0 Å². The predicted molar refractivity (Wildman–Crippen MR) is 125 cm³/mol. The van der Waals surface area contributed by atoms with Gasteiger partial charge in [0.2, 0.25) is 5.95 Å². The average molecular weight is 451 g/mol. The molecule has 0 amide bonds. The Morgan fingerprint density at radius 3 is 2.50 bits per heavy atom. The van der Waals surface area contributed by atoms with E-state index in [4.69, 9.17) is 0 Å². The highest BCUT2D eigenvalue weighted by Crippen LogP contribution is 2.27. The molecule has 0 spiro atoms. The summed E-state index contributed by atoms with van der Waals surface area (Å²) in [5.41, 5.74) is 4.00. The lowest BCUT2D eigenvalue weighted by Gasteiger charge is -2.12. The summed E-state index contributed by atoms with van der Waals surface area (Å²) in [5, 5.41) is 14.3. The van der Waals surface area contributed by atoms with E-state index in [2.05, 4.69) is 20.3 Å². The molecule has 0 atom stereocenters. The molecule has 0 fully saturated rings. The highest BCUT2D eigenvalue weighted by Gasteiger charge is 2.23. The number of hydrogen-bond donors (Lipinski definition) is 0. The van der Waals surface area contributed by atoms with Gasteiger partial charge in [0.15, 0.2) is 5.69 Å². The van der Waals surface area contributed by atoms with E-state index in [1.165, 1.54) is 16.8 Å². The highest BCUT2D eigenvalue weighted by molar-refractivity contribution is 5.92. The van der Waals surface area contributed by atoms with Crippen LogP contribution in [0.1, 0.15) is 11.3 Å². The lowest BCUT2D eigenvalue weighted by molar-refractivity contribution is 0.578. The van der Waals surface area contributed by atoms with E-state index in [-0.39, 0.29) is 11.3 Å². The molecule has 4 heterocycles. The summed E-state index contributed by atoms with van der Waals surface area (Å²) in [4.78, 5) is 17.1. The molecular formula is C25H18FN7O. The van der Waals surface area contributed by atoms with Crippen molar-refractivity contribution in [2.75, 3.05) is 0 Å². The summed E-state index contributed by atoms with van der Waals surface area (Å²) in [6.45, 7) is 2.11. The lowest BCUT2D eigenvalue weighted by atomic mass is 10.1. The van der Waals surface area contributed by atoms with E-state index in [1.54, 1.807) is 17.8 Å². The minimum absolute atomic E-state index is 0.246. The fourth-order valence-corrected chi connectivity index (χ4v) is 4.12. The third-order valence-electron chi connectivity index (χ3n) is 5.77. The average Bonchev–Trinajstić information content (AvgIpc) is 3.49. The van der Waals surface area contributed by atoms with Crippen molar-refractivity contribution in [3.8, 4) is 22.8 Å². The van der Waals surface area contributed by atoms with E-state index >= 15 is 0 Å². The number of rotatable bonds is 4. The Balaban J connectivity index is 1.48. The van der Waals surface area contributed by atoms with Crippen molar-refractivity contribution in [2.45, 2.75) is 13.5 Å². The Bertz CT molecular complexity index is 1670. The van der Waals surface area contributed by atoms with Gasteiger partial charge in [0.1, 0.15) is 5.69 Å². The molecule has 6 rings (SSSR count). The number of fused-ring (bicyclic) bond motifs is 3. The monoisotopic (exact) mass is 451 g/mol. The quantitative estimate of drug-likeness (QED) is 0.381. The molecule has 166 valence electrons. The summed E-state index contributed by atoms with van der Waals surface area (Å²) >= 11 is 0. The molecule has 0 bridgehead atoms. The van der Waals surface area contributed by atoms with Crippen molar-refractivity contribution < 1.29 is 4.39 Å². The largest absolute Gasteiger partial charge is 0.301 e. The van der Waals surface area contributed by atoms with E-state index in [1.807, 2.05) is 65.5 Å². The summed E-state index contributed by atoms with van der Waals surface area (Å²) in [7, 11) is 0. The minimum Gasteiger partial charge on any atom is -0.265 e. The molecule has 0 N–H and O–H groups in total. The maximum atomic E-state index is 13.5. The van der Waals surface area contributed by atoms with Crippen LogP contribution in [0.5, 0.6) is 0 Å². The molecular weight excluding hydrogens is 433 g/mol. The van der Waals surface area contributed by atoms with Crippen LogP contribution in [-0.4, -0.2) is 34.3 Å². The molecule has 34 heavy (non-hydrogen) atoms. The Hall–Kier alpha value is -4.66. The molecule has 0 unspecified atom stereocenters. The molecule has 0 saturated carbocycles. The first kappa shape index (κ1) is 20.0. The number of benzene rings is 2. The smallest absolute Gasteiger partial charge is 0.265 e. The fourth-order valence-electron chi connectivity index (χ4n) is 4.12. The lowest BCUT2D eigenvalue weighted by Crippen LogP contribution is -2.18. The Morgan fingerprint density at radius 2 is 1.74 bits per heavy atom. The molecule has 9 heteroatoms. The first-order chi connectivity index (χ1) is 16.6. The van der Waals surface area contributed by atoms with Crippen LogP contribution < -0.4 is 5.56 Å². The molecule has 4 aromatic rings. The molecule has 0 saturated heterocycles. The Labute approximate surface area is 192 Å². The third-order valence-corrected chi connectivity index (χ3v) is 5.77. The summed E-state index contributed by atoms with van der Waals surface area (Å²) < 4.78 is 18.3. The highest BCUT2D eigenvalue weighted by atomic mass is 19.1. The van der Waals surface area contributed by atoms with Crippen LogP contribution >= 0.6 is 0 Å². The SMILES string of the molecule is Cc1nc(F)ccc1-n1nc2c3ccccc3n(Cc3ccc(-n4cccn4)cc3)nc-2c1=O. The third kappa shape index (κ3) is 3.25. The van der Waals surface area contributed by atoms with Crippen LogP contribution in [0.4, 0.5) is 4.39 Å². The maximum absolute atomic E-state index is 13.5. The van der Waals surface area contributed by atoms with Gasteiger partial charge in [-0.05, 0) is 48.9 Å². The second kappa shape index (κ2) is 7.73. The van der Waals surface area contributed by atoms with Crippen molar-refractivity contribution in [3.05, 3.63) is 107 Å². The van der Waals surface area contributed by atoms with Gasteiger partial charge < -0.3 is 0 Å². The molecule has 2 aliphatic rings. The number of aromatic nitrogens is 7. The first-order valence-electron chi connectivity index (χ1n) is 10.7. The zero-order valence-corrected chi connectivity index (χ0v) is 18.1. The van der Waals surface area contributed by atoms with Gasteiger partial charge in [-0.3, -0.25) is 9.48 Å². The zero-order chi connectivity index (χ0) is 23.2. The van der Waals surface area contributed by atoms with Crippen molar-refractivity contribution in [1.82, 2.24) is 34.3 Å². The molecule has 2 aliphatic heterocycles. The van der Waals surface area contributed by atoms with Gasteiger partial charge in [-0.15, -0.1) is 0 Å². The van der Waals surface area contributed by atoms with Crippen LogP contribution in [0.15, 0.2) is 83.9 Å². The van der Waals surface area contributed by atoms with Crippen molar-refractivity contribution in [1.29, 1.82) is 0 Å². The van der Waals surface area contributed by atoms with Crippen molar-refractivity contribution >= 4 is 10.9 Å². The Kier molecular flexibility index (Phi) is 4.54. The van der Waals surface area contributed by atoms with Gasteiger partial charge in [0.25, 0.3) is 0 Å². The van der Waals surface area contributed by atoms with E-state index < -0.39 is 5.95 Å². The van der Waals surface area contributed by atoms with Gasteiger partial charge in [-0.2, -0.15) is 24.4 Å². The van der Waals surface area contributed by atoms with Gasteiger partial charge in [-0.1, -0.05) is 30.3 Å². The summed E-state index contributed by atoms with van der Waals surface area (Å²) in [5.74, 6) is -0.606. The Morgan fingerprint density at radius 1 is 0.912 bits per heavy atom. The van der Waals surface area contributed by atoms with Crippen LogP contribution in [0.3, 0.4) is 0 Å². The van der Waals surface area contributed by atoms with Crippen LogP contribution in [0.25, 0.3) is 33.7 Å². The molecule has 2 aromatic carbocycles. The van der Waals surface area contributed by atoms with E-state index in [0.29, 0.717) is 23.6 Å². The second-order valence-corrected chi connectivity index (χ2v) is 7.94. The van der Waals surface area contributed by atoms with Crippen molar-refractivity contribution in [2.24, 2.45) is 0 Å². The topological polar surface area (TPSA) is 83.4 Å². The number of hydrogen-bond acceptors (Lipinski definition) is 5. The predicted octanol–water partition coefficient (Wildman–Crippen LogP) is 3.76. The van der Waals surface area contributed by atoms with Gasteiger partial charge in [-0.25, -0.2) is 9.67 Å². The molecule has 2 aromatic heterocycles. The number of pyridine rings is 1. The molecule has 0 aliphatic carbocycles. The molecule has 0 radical (unpaired) electrons. The number of nitrogens with zero attached hydrogens (tertiary/aromatic N) is 7. The summed E-state index contributed by atoms with van der Waals surface area (Å²) in [6.07, 6.45) is 3.62. The van der Waals surface area contributed by atoms with Gasteiger partial charge in [0, 0.05) is 17.8 Å². The van der Waals surface area contributed by atoms with Crippen molar-refractivity contribution in [3.63, 3.8) is 0 Å². The van der Waals surface area contributed by atoms with E-state index in [0.717, 1.165) is 22.2 Å². The minimum atomic E-state index is -0.606. The van der Waals surface area contributed by atoms with Gasteiger partial charge >= 0.3 is 5.56 Å². The maximum Gasteiger partial charge on any atom is 0.301 e.